The predicted molar refractivity (Wildman–Crippen MR) is 91.3 cm³/mol. The van der Waals surface area contributed by atoms with E-state index in [2.05, 4.69) is 10.5 Å². The number of nitrogens with zero attached hydrogens (tertiary/aromatic N) is 1. The van der Waals surface area contributed by atoms with Crippen LogP contribution in [0.15, 0.2) is 4.52 Å². The molecule has 0 bridgehead atoms. The second kappa shape index (κ2) is 9.70. The van der Waals surface area contributed by atoms with E-state index < -0.39 is 12.2 Å². The Labute approximate surface area is 149 Å². The van der Waals surface area contributed by atoms with Gasteiger partial charge in [0.15, 0.2) is 0 Å². The molecule has 0 radical (unpaired) electrons. The molecule has 8 heteroatoms. The lowest BCUT2D eigenvalue weighted by Crippen LogP contribution is -2.37. The van der Waals surface area contributed by atoms with Crippen molar-refractivity contribution in [3.63, 3.8) is 0 Å². The fourth-order valence-corrected chi connectivity index (χ4v) is 3.19. The molecule has 7 nitrogen and oxygen atoms in total. The minimum Gasteiger partial charge on any atom is -0.390 e. The van der Waals surface area contributed by atoms with Crippen LogP contribution in [-0.2, 0) is 16.0 Å². The van der Waals surface area contributed by atoms with Gasteiger partial charge in [-0.05, 0) is 26.7 Å². The summed E-state index contributed by atoms with van der Waals surface area (Å²) in [6.45, 7) is 6.64. The third-order valence-electron chi connectivity index (χ3n) is 4.55. The molecule has 24 heavy (non-hydrogen) atoms. The SMILES string of the molecule is COCCOCC1(CNCc2c(C)noc2C)C[C@@H](O)[C@@H](O)C1.Cl. The van der Waals surface area contributed by atoms with E-state index in [1.807, 2.05) is 13.8 Å². The van der Waals surface area contributed by atoms with Crippen molar-refractivity contribution in [2.75, 3.05) is 33.5 Å². The first-order chi connectivity index (χ1) is 11.0. The lowest BCUT2D eigenvalue weighted by atomic mass is 9.86. The van der Waals surface area contributed by atoms with Crippen molar-refractivity contribution < 1.29 is 24.2 Å². The van der Waals surface area contributed by atoms with Crippen molar-refractivity contribution in [2.45, 2.75) is 45.4 Å². The molecule has 0 aromatic carbocycles. The molecular weight excluding hydrogens is 336 g/mol. The maximum absolute atomic E-state index is 9.92. The molecule has 0 saturated heterocycles. The molecule has 1 heterocycles. The Morgan fingerprint density at radius 1 is 1.25 bits per heavy atom. The van der Waals surface area contributed by atoms with Gasteiger partial charge in [-0.3, -0.25) is 0 Å². The van der Waals surface area contributed by atoms with E-state index in [4.69, 9.17) is 14.0 Å². The molecule has 1 unspecified atom stereocenters. The minimum atomic E-state index is -0.693. The number of halogens is 1. The summed E-state index contributed by atoms with van der Waals surface area (Å²) in [5.74, 6) is 0.812. The number of aliphatic hydroxyl groups excluding tert-OH is 2. The fourth-order valence-electron chi connectivity index (χ4n) is 3.19. The zero-order valence-corrected chi connectivity index (χ0v) is 15.4. The van der Waals surface area contributed by atoms with Crippen LogP contribution >= 0.6 is 12.4 Å². The first-order valence-electron chi connectivity index (χ1n) is 8.03. The first-order valence-corrected chi connectivity index (χ1v) is 8.03. The average Bonchev–Trinajstić information content (AvgIpc) is 2.97. The predicted octanol–water partition coefficient (Wildman–Crippen LogP) is 0.968. The Morgan fingerprint density at radius 2 is 1.92 bits per heavy atom. The second-order valence-electron chi connectivity index (χ2n) is 6.49. The van der Waals surface area contributed by atoms with E-state index in [1.54, 1.807) is 7.11 Å². The summed E-state index contributed by atoms with van der Waals surface area (Å²) < 4.78 is 15.8. The van der Waals surface area contributed by atoms with E-state index in [0.29, 0.717) is 45.8 Å². The van der Waals surface area contributed by atoms with Crippen molar-refractivity contribution in [3.8, 4) is 0 Å². The Balaban J connectivity index is 0.00000288. The molecule has 1 aromatic rings. The highest BCUT2D eigenvalue weighted by Gasteiger charge is 2.44. The van der Waals surface area contributed by atoms with Crippen LogP contribution in [0, 0.1) is 19.3 Å². The fraction of sp³-hybridized carbons (Fsp3) is 0.812. The third kappa shape index (κ3) is 5.40. The lowest BCUT2D eigenvalue weighted by Gasteiger charge is -2.29. The molecule has 3 atom stereocenters. The molecule has 1 saturated carbocycles. The molecule has 0 aliphatic heterocycles. The Kier molecular flexibility index (Phi) is 8.62. The Bertz CT molecular complexity index is 467. The van der Waals surface area contributed by atoms with Crippen LogP contribution in [0.1, 0.15) is 29.9 Å². The van der Waals surface area contributed by atoms with E-state index >= 15 is 0 Å². The van der Waals surface area contributed by atoms with Gasteiger partial charge in [0.05, 0.1) is 37.7 Å². The number of aryl methyl sites for hydroxylation is 2. The van der Waals surface area contributed by atoms with E-state index in [1.165, 1.54) is 0 Å². The van der Waals surface area contributed by atoms with Crippen LogP contribution in [0.4, 0.5) is 0 Å². The molecule has 1 aromatic heterocycles. The van der Waals surface area contributed by atoms with Crippen molar-refractivity contribution in [2.24, 2.45) is 5.41 Å². The maximum atomic E-state index is 9.92. The molecule has 1 fully saturated rings. The summed E-state index contributed by atoms with van der Waals surface area (Å²) in [5.41, 5.74) is 1.66. The van der Waals surface area contributed by atoms with Crippen molar-refractivity contribution in [3.05, 3.63) is 17.0 Å². The standard InChI is InChI=1S/C16H28N2O5.ClH/c1-11-13(12(2)23-18-11)8-17-9-16(10-22-5-4-21-3)6-14(19)15(20)7-16;/h14-15,17,19-20H,4-10H2,1-3H3;1H/t14-,15+,16?;. The van der Waals surface area contributed by atoms with Crippen LogP contribution in [-0.4, -0.2) is 61.1 Å². The highest BCUT2D eigenvalue weighted by atomic mass is 35.5. The van der Waals surface area contributed by atoms with Gasteiger partial charge in [-0.2, -0.15) is 0 Å². The van der Waals surface area contributed by atoms with Gasteiger partial charge < -0.3 is 29.5 Å². The smallest absolute Gasteiger partial charge is 0.138 e. The average molecular weight is 365 g/mol. The van der Waals surface area contributed by atoms with Crippen LogP contribution in [0.25, 0.3) is 0 Å². The lowest BCUT2D eigenvalue weighted by molar-refractivity contribution is 0.0111. The molecule has 1 aliphatic rings. The van der Waals surface area contributed by atoms with Gasteiger partial charge in [0.2, 0.25) is 0 Å². The third-order valence-corrected chi connectivity index (χ3v) is 4.55. The van der Waals surface area contributed by atoms with Crippen molar-refractivity contribution in [1.29, 1.82) is 0 Å². The van der Waals surface area contributed by atoms with Crippen LogP contribution in [0.3, 0.4) is 0 Å². The number of rotatable bonds is 9. The van der Waals surface area contributed by atoms with Gasteiger partial charge in [-0.1, -0.05) is 5.16 Å². The Morgan fingerprint density at radius 3 is 2.46 bits per heavy atom. The summed E-state index contributed by atoms with van der Waals surface area (Å²) in [6.07, 6.45) is -0.338. The molecular formula is C16H29ClN2O5. The van der Waals surface area contributed by atoms with E-state index in [0.717, 1.165) is 17.0 Å². The number of ether oxygens (including phenoxy) is 2. The molecule has 0 amide bonds. The molecule has 0 spiro atoms. The van der Waals surface area contributed by atoms with Crippen LogP contribution in [0.2, 0.25) is 0 Å². The summed E-state index contributed by atoms with van der Waals surface area (Å²) in [4.78, 5) is 0. The molecule has 140 valence electrons. The van der Waals surface area contributed by atoms with Crippen LogP contribution < -0.4 is 5.32 Å². The number of aromatic nitrogens is 1. The van der Waals surface area contributed by atoms with Gasteiger partial charge in [0, 0.05) is 31.2 Å². The minimum absolute atomic E-state index is 0. The summed E-state index contributed by atoms with van der Waals surface area (Å²) in [6, 6.07) is 0. The zero-order chi connectivity index (χ0) is 16.9. The monoisotopic (exact) mass is 364 g/mol. The number of nitrogens with one attached hydrogen (secondary N) is 1. The van der Waals surface area contributed by atoms with E-state index in [9.17, 15) is 10.2 Å². The van der Waals surface area contributed by atoms with Gasteiger partial charge in [0.25, 0.3) is 0 Å². The number of aliphatic hydroxyl groups is 2. The molecule has 3 N–H and O–H groups in total. The van der Waals surface area contributed by atoms with Gasteiger partial charge in [-0.15, -0.1) is 12.4 Å². The largest absolute Gasteiger partial charge is 0.390 e. The maximum Gasteiger partial charge on any atom is 0.138 e. The van der Waals surface area contributed by atoms with Gasteiger partial charge >= 0.3 is 0 Å². The van der Waals surface area contributed by atoms with Crippen molar-refractivity contribution >= 4 is 12.4 Å². The van der Waals surface area contributed by atoms with Crippen molar-refractivity contribution in [1.82, 2.24) is 10.5 Å². The number of methoxy groups -OCH3 is 1. The second-order valence-corrected chi connectivity index (χ2v) is 6.49. The van der Waals surface area contributed by atoms with Gasteiger partial charge in [-0.25, -0.2) is 0 Å². The van der Waals surface area contributed by atoms with Crippen LogP contribution in [0.5, 0.6) is 0 Å². The quantitative estimate of drug-likeness (QED) is 0.562. The number of hydrogen-bond donors (Lipinski definition) is 3. The normalized spacial score (nSPS) is 26.5. The number of hydrogen-bond acceptors (Lipinski definition) is 7. The van der Waals surface area contributed by atoms with E-state index in [-0.39, 0.29) is 17.8 Å². The molecule has 1 aliphatic carbocycles. The highest BCUT2D eigenvalue weighted by molar-refractivity contribution is 5.85. The first kappa shape index (κ1) is 21.3. The summed E-state index contributed by atoms with van der Waals surface area (Å²) >= 11 is 0. The summed E-state index contributed by atoms with van der Waals surface area (Å²) in [7, 11) is 1.63. The molecule has 2 rings (SSSR count). The topological polar surface area (TPSA) is 97.0 Å². The highest BCUT2D eigenvalue weighted by Crippen LogP contribution is 2.38. The zero-order valence-electron chi connectivity index (χ0n) is 14.6. The Hall–Kier alpha value is -0.700. The van der Waals surface area contributed by atoms with Gasteiger partial charge in [0.1, 0.15) is 5.76 Å². The summed E-state index contributed by atoms with van der Waals surface area (Å²) in [5, 5.41) is 27.2.